The van der Waals surface area contributed by atoms with Crippen molar-refractivity contribution in [3.8, 4) is 17.1 Å². The predicted octanol–water partition coefficient (Wildman–Crippen LogP) is 4.42. The standard InChI is InChI=1S/C18H20ClN5S/c1-3-22(4-2)13-23-18(25)24(16-7-5-15(19)6-8-16)17(21-23)14-9-11-20-12-10-14/h5-12H,3-4,13H2,1-2H3. The van der Waals surface area contributed by atoms with Gasteiger partial charge in [0.25, 0.3) is 0 Å². The third kappa shape index (κ3) is 3.81. The first-order valence-corrected chi connectivity index (χ1v) is 9.01. The van der Waals surface area contributed by atoms with E-state index in [1.807, 2.05) is 45.6 Å². The van der Waals surface area contributed by atoms with Crippen molar-refractivity contribution in [3.05, 3.63) is 58.6 Å². The van der Waals surface area contributed by atoms with Crippen LogP contribution in [0.4, 0.5) is 0 Å². The Morgan fingerprint density at radius 2 is 1.68 bits per heavy atom. The molecule has 3 aromatic rings. The molecule has 0 unspecified atom stereocenters. The summed E-state index contributed by atoms with van der Waals surface area (Å²) in [4.78, 5) is 6.36. The summed E-state index contributed by atoms with van der Waals surface area (Å²) in [5, 5.41) is 5.48. The molecule has 3 rings (SSSR count). The van der Waals surface area contributed by atoms with Gasteiger partial charge in [-0.05, 0) is 61.7 Å². The van der Waals surface area contributed by atoms with Gasteiger partial charge in [-0.25, -0.2) is 4.68 Å². The molecule has 2 aromatic heterocycles. The lowest BCUT2D eigenvalue weighted by Crippen LogP contribution is -2.26. The van der Waals surface area contributed by atoms with Crippen LogP contribution in [0.3, 0.4) is 0 Å². The largest absolute Gasteiger partial charge is 0.285 e. The third-order valence-corrected chi connectivity index (χ3v) is 4.74. The number of benzene rings is 1. The molecule has 0 atom stereocenters. The van der Waals surface area contributed by atoms with Crippen molar-refractivity contribution in [1.29, 1.82) is 0 Å². The average Bonchev–Trinajstić information content (AvgIpc) is 2.97. The maximum absolute atomic E-state index is 6.04. The molecule has 0 bridgehead atoms. The van der Waals surface area contributed by atoms with Gasteiger partial charge in [0.05, 0.1) is 12.4 Å². The average molecular weight is 374 g/mol. The third-order valence-electron chi connectivity index (χ3n) is 4.09. The quantitative estimate of drug-likeness (QED) is 0.599. The van der Waals surface area contributed by atoms with Crippen molar-refractivity contribution in [2.45, 2.75) is 20.5 Å². The van der Waals surface area contributed by atoms with Crippen molar-refractivity contribution >= 4 is 23.8 Å². The first-order valence-electron chi connectivity index (χ1n) is 8.22. The van der Waals surface area contributed by atoms with E-state index in [1.54, 1.807) is 12.4 Å². The number of nitrogens with zero attached hydrogens (tertiary/aromatic N) is 5. The zero-order valence-corrected chi connectivity index (χ0v) is 15.8. The van der Waals surface area contributed by atoms with Gasteiger partial charge in [-0.2, -0.15) is 0 Å². The normalized spacial score (nSPS) is 11.2. The molecule has 1 aromatic carbocycles. The van der Waals surface area contributed by atoms with Crippen LogP contribution >= 0.6 is 23.8 Å². The van der Waals surface area contributed by atoms with E-state index in [0.29, 0.717) is 16.5 Å². The summed E-state index contributed by atoms with van der Waals surface area (Å²) >= 11 is 11.8. The van der Waals surface area contributed by atoms with Gasteiger partial charge in [-0.1, -0.05) is 25.4 Å². The van der Waals surface area contributed by atoms with E-state index in [4.69, 9.17) is 28.9 Å². The van der Waals surface area contributed by atoms with Crippen LogP contribution in [0.5, 0.6) is 0 Å². The SMILES string of the molecule is CCN(CC)Cn1nc(-c2ccncc2)n(-c2ccc(Cl)cc2)c1=S. The van der Waals surface area contributed by atoms with Gasteiger partial charge < -0.3 is 0 Å². The Hall–Kier alpha value is -2.02. The minimum atomic E-state index is 0.654. The van der Waals surface area contributed by atoms with Gasteiger partial charge in [-0.3, -0.25) is 14.5 Å². The van der Waals surface area contributed by atoms with Gasteiger partial charge in [0.1, 0.15) is 0 Å². The van der Waals surface area contributed by atoms with Crippen LogP contribution in [0, 0.1) is 4.77 Å². The van der Waals surface area contributed by atoms with E-state index in [9.17, 15) is 0 Å². The maximum atomic E-state index is 6.04. The lowest BCUT2D eigenvalue weighted by atomic mass is 10.2. The summed E-state index contributed by atoms with van der Waals surface area (Å²) in [7, 11) is 0. The summed E-state index contributed by atoms with van der Waals surface area (Å²) < 4.78 is 4.50. The van der Waals surface area contributed by atoms with E-state index in [2.05, 4.69) is 23.7 Å². The lowest BCUT2D eigenvalue weighted by Gasteiger charge is -2.17. The van der Waals surface area contributed by atoms with E-state index in [0.717, 1.165) is 30.2 Å². The molecule has 25 heavy (non-hydrogen) atoms. The molecular weight excluding hydrogens is 354 g/mol. The molecule has 0 aliphatic carbocycles. The van der Waals surface area contributed by atoms with Gasteiger partial charge in [0.15, 0.2) is 5.82 Å². The molecule has 0 N–H and O–H groups in total. The summed E-state index contributed by atoms with van der Waals surface area (Å²) in [6, 6.07) is 11.5. The van der Waals surface area contributed by atoms with Crippen LogP contribution in [0.2, 0.25) is 5.02 Å². The Kier molecular flexibility index (Phi) is 5.63. The molecular formula is C18H20ClN5S. The molecule has 0 radical (unpaired) electrons. The fraction of sp³-hybridized carbons (Fsp3) is 0.278. The van der Waals surface area contributed by atoms with Crippen molar-refractivity contribution in [3.63, 3.8) is 0 Å². The van der Waals surface area contributed by atoms with Crippen LogP contribution in [-0.2, 0) is 6.67 Å². The highest BCUT2D eigenvalue weighted by atomic mass is 35.5. The highest BCUT2D eigenvalue weighted by molar-refractivity contribution is 7.71. The second-order valence-corrected chi connectivity index (χ2v) is 6.40. The Bertz CT molecular complexity index is 882. The topological polar surface area (TPSA) is 38.9 Å². The summed E-state index contributed by atoms with van der Waals surface area (Å²) in [6.07, 6.45) is 3.52. The summed E-state index contributed by atoms with van der Waals surface area (Å²) in [6.45, 7) is 6.80. The number of rotatable bonds is 6. The van der Waals surface area contributed by atoms with E-state index in [1.165, 1.54) is 0 Å². The Morgan fingerprint density at radius 1 is 1.04 bits per heavy atom. The van der Waals surface area contributed by atoms with Crippen molar-refractivity contribution < 1.29 is 0 Å². The number of hydrogen-bond donors (Lipinski definition) is 0. The van der Waals surface area contributed by atoms with Crippen molar-refractivity contribution in [1.82, 2.24) is 24.2 Å². The molecule has 0 saturated heterocycles. The molecule has 5 nitrogen and oxygen atoms in total. The van der Waals surface area contributed by atoms with Gasteiger partial charge in [0, 0.05) is 23.0 Å². The zero-order chi connectivity index (χ0) is 17.8. The Labute approximate surface area is 157 Å². The number of hydrogen-bond acceptors (Lipinski definition) is 4. The Balaban J connectivity index is 2.15. The molecule has 0 aliphatic heterocycles. The molecule has 2 heterocycles. The number of halogens is 1. The Morgan fingerprint density at radius 3 is 2.28 bits per heavy atom. The predicted molar refractivity (Wildman–Crippen MR) is 104 cm³/mol. The number of pyridine rings is 1. The van der Waals surface area contributed by atoms with E-state index < -0.39 is 0 Å². The highest BCUT2D eigenvalue weighted by Gasteiger charge is 2.15. The van der Waals surface area contributed by atoms with E-state index >= 15 is 0 Å². The van der Waals surface area contributed by atoms with Crippen LogP contribution in [0.15, 0.2) is 48.8 Å². The van der Waals surface area contributed by atoms with Crippen LogP contribution in [-0.4, -0.2) is 37.3 Å². The van der Waals surface area contributed by atoms with Crippen LogP contribution < -0.4 is 0 Å². The van der Waals surface area contributed by atoms with Crippen LogP contribution in [0.25, 0.3) is 17.1 Å². The molecule has 0 spiro atoms. The zero-order valence-electron chi connectivity index (χ0n) is 14.3. The molecule has 0 amide bonds. The lowest BCUT2D eigenvalue weighted by molar-refractivity contribution is 0.227. The molecule has 0 fully saturated rings. The fourth-order valence-electron chi connectivity index (χ4n) is 2.62. The van der Waals surface area contributed by atoms with Gasteiger partial charge in [-0.15, -0.1) is 5.10 Å². The first-order chi connectivity index (χ1) is 12.1. The minimum Gasteiger partial charge on any atom is -0.285 e. The molecule has 0 aliphatic rings. The smallest absolute Gasteiger partial charge is 0.204 e. The summed E-state index contributed by atoms with van der Waals surface area (Å²) in [5.41, 5.74) is 1.90. The van der Waals surface area contributed by atoms with E-state index in [-0.39, 0.29) is 0 Å². The maximum Gasteiger partial charge on any atom is 0.204 e. The monoisotopic (exact) mass is 373 g/mol. The van der Waals surface area contributed by atoms with Crippen molar-refractivity contribution in [2.75, 3.05) is 13.1 Å². The highest BCUT2D eigenvalue weighted by Crippen LogP contribution is 2.23. The first kappa shape index (κ1) is 17.8. The van der Waals surface area contributed by atoms with Crippen LogP contribution in [0.1, 0.15) is 13.8 Å². The van der Waals surface area contributed by atoms with Gasteiger partial charge in [0.2, 0.25) is 4.77 Å². The summed E-state index contributed by atoms with van der Waals surface area (Å²) in [5.74, 6) is 0.793. The number of aromatic nitrogens is 4. The molecule has 130 valence electrons. The van der Waals surface area contributed by atoms with Crippen molar-refractivity contribution in [2.24, 2.45) is 0 Å². The second kappa shape index (κ2) is 7.91. The fourth-order valence-corrected chi connectivity index (χ4v) is 3.04. The molecule has 7 heteroatoms. The minimum absolute atomic E-state index is 0.654. The molecule has 0 saturated carbocycles. The second-order valence-electron chi connectivity index (χ2n) is 5.60. The van der Waals surface area contributed by atoms with Gasteiger partial charge >= 0.3 is 0 Å².